The Morgan fingerprint density at radius 1 is 1.38 bits per heavy atom. The van der Waals surface area contributed by atoms with Crippen LogP contribution in [0.5, 0.6) is 0 Å². The Bertz CT molecular complexity index is 564. The highest BCUT2D eigenvalue weighted by Crippen LogP contribution is 2.18. The van der Waals surface area contributed by atoms with Crippen LogP contribution in [0.3, 0.4) is 0 Å². The summed E-state index contributed by atoms with van der Waals surface area (Å²) in [7, 11) is 0. The third kappa shape index (κ3) is 4.51. The molecule has 1 aromatic rings. The van der Waals surface area contributed by atoms with Gasteiger partial charge in [-0.2, -0.15) is 0 Å². The summed E-state index contributed by atoms with van der Waals surface area (Å²) in [6, 6.07) is 5.64. The van der Waals surface area contributed by atoms with Gasteiger partial charge in [-0.3, -0.25) is 0 Å². The van der Waals surface area contributed by atoms with Gasteiger partial charge >= 0.3 is 6.03 Å². The molecule has 2 amide bonds. The third-order valence-electron chi connectivity index (χ3n) is 3.71. The third-order valence-corrected chi connectivity index (χ3v) is 3.71. The molecular formula is C17H22N2O2. The first-order valence-corrected chi connectivity index (χ1v) is 7.36. The van der Waals surface area contributed by atoms with Crippen molar-refractivity contribution in [1.82, 2.24) is 4.90 Å². The molecular weight excluding hydrogens is 264 g/mol. The predicted octanol–water partition coefficient (Wildman–Crippen LogP) is 2.60. The number of nitrogens with zero attached hydrogens (tertiary/aromatic N) is 1. The number of carbonyl (C=O) groups is 1. The molecule has 0 spiro atoms. The van der Waals surface area contributed by atoms with E-state index in [1.165, 1.54) is 0 Å². The summed E-state index contributed by atoms with van der Waals surface area (Å²) in [6.07, 6.45) is 2.13. The first kappa shape index (κ1) is 15.4. The molecule has 1 aliphatic heterocycles. The molecule has 2 N–H and O–H groups in total. The second-order valence-electron chi connectivity index (χ2n) is 5.65. The van der Waals surface area contributed by atoms with Crippen LogP contribution in [0.15, 0.2) is 18.2 Å². The SMILES string of the molecule is Cc1cc(C#CCO)cc(NC(=O)N2CCC(C)CC2)c1. The fraction of sp³-hybridized carbons (Fsp3) is 0.471. The second kappa shape index (κ2) is 7.14. The molecule has 0 aliphatic carbocycles. The molecule has 0 unspecified atom stereocenters. The lowest BCUT2D eigenvalue weighted by Gasteiger charge is -2.30. The molecule has 4 nitrogen and oxygen atoms in total. The number of carbonyl (C=O) groups excluding carboxylic acids is 1. The average molecular weight is 286 g/mol. The molecule has 1 aromatic carbocycles. The molecule has 0 radical (unpaired) electrons. The van der Waals surface area contributed by atoms with Crippen molar-refractivity contribution in [2.75, 3.05) is 25.0 Å². The van der Waals surface area contributed by atoms with Gasteiger partial charge in [-0.1, -0.05) is 18.8 Å². The van der Waals surface area contributed by atoms with Crippen LogP contribution in [-0.2, 0) is 0 Å². The van der Waals surface area contributed by atoms with Gasteiger partial charge in [-0.25, -0.2) is 4.79 Å². The van der Waals surface area contributed by atoms with Gasteiger partial charge in [0.25, 0.3) is 0 Å². The van der Waals surface area contributed by atoms with E-state index in [-0.39, 0.29) is 12.6 Å². The highest BCUT2D eigenvalue weighted by molar-refractivity contribution is 5.89. The summed E-state index contributed by atoms with van der Waals surface area (Å²) in [5.41, 5.74) is 2.58. The van der Waals surface area contributed by atoms with E-state index < -0.39 is 0 Å². The Labute approximate surface area is 126 Å². The molecule has 21 heavy (non-hydrogen) atoms. The van der Waals surface area contributed by atoms with Crippen LogP contribution in [-0.4, -0.2) is 35.7 Å². The van der Waals surface area contributed by atoms with Crippen LogP contribution in [0.1, 0.15) is 30.9 Å². The number of rotatable bonds is 1. The standard InChI is InChI=1S/C17H22N2O2/c1-13-5-7-19(8-6-13)17(21)18-16-11-14(2)10-15(12-16)4-3-9-20/h10-13,20H,5-9H2,1-2H3,(H,18,21). The summed E-state index contributed by atoms with van der Waals surface area (Å²) >= 11 is 0. The van der Waals surface area contributed by atoms with Gasteiger partial charge in [0, 0.05) is 24.3 Å². The van der Waals surface area contributed by atoms with E-state index in [1.54, 1.807) is 0 Å². The van der Waals surface area contributed by atoms with E-state index in [0.29, 0.717) is 5.92 Å². The number of hydrogen-bond donors (Lipinski definition) is 2. The zero-order chi connectivity index (χ0) is 15.2. The zero-order valence-corrected chi connectivity index (χ0v) is 12.6. The van der Waals surface area contributed by atoms with Crippen molar-refractivity contribution in [3.63, 3.8) is 0 Å². The van der Waals surface area contributed by atoms with E-state index in [2.05, 4.69) is 24.1 Å². The summed E-state index contributed by atoms with van der Waals surface area (Å²) < 4.78 is 0. The molecule has 1 heterocycles. The molecule has 112 valence electrons. The van der Waals surface area contributed by atoms with Crippen LogP contribution in [0, 0.1) is 24.7 Å². The van der Waals surface area contributed by atoms with Crippen LogP contribution in [0.25, 0.3) is 0 Å². The number of anilines is 1. The van der Waals surface area contributed by atoms with Crippen LogP contribution in [0.4, 0.5) is 10.5 Å². The Kier molecular flexibility index (Phi) is 5.24. The van der Waals surface area contributed by atoms with E-state index in [1.807, 2.05) is 30.0 Å². The van der Waals surface area contributed by atoms with Crippen LogP contribution in [0.2, 0.25) is 0 Å². The summed E-state index contributed by atoms with van der Waals surface area (Å²) in [4.78, 5) is 14.1. The number of benzene rings is 1. The van der Waals surface area contributed by atoms with Crippen molar-refractivity contribution in [3.05, 3.63) is 29.3 Å². The summed E-state index contributed by atoms with van der Waals surface area (Å²) in [5.74, 6) is 6.19. The number of aryl methyl sites for hydroxylation is 1. The lowest BCUT2D eigenvalue weighted by molar-refractivity contribution is 0.186. The molecule has 0 atom stereocenters. The van der Waals surface area contributed by atoms with Gasteiger partial charge < -0.3 is 15.3 Å². The lowest BCUT2D eigenvalue weighted by atomic mass is 10.00. The Balaban J connectivity index is 2.05. The number of hydrogen-bond acceptors (Lipinski definition) is 2. The maximum Gasteiger partial charge on any atom is 0.321 e. The van der Waals surface area contributed by atoms with Gasteiger partial charge in [0.2, 0.25) is 0 Å². The molecule has 4 heteroatoms. The molecule has 1 fully saturated rings. The van der Waals surface area contributed by atoms with Gasteiger partial charge in [0.1, 0.15) is 6.61 Å². The van der Waals surface area contributed by atoms with Crippen molar-refractivity contribution >= 4 is 11.7 Å². The predicted molar refractivity (Wildman–Crippen MR) is 84.1 cm³/mol. The van der Waals surface area contributed by atoms with Crippen molar-refractivity contribution in [2.45, 2.75) is 26.7 Å². The lowest BCUT2D eigenvalue weighted by Crippen LogP contribution is -2.40. The van der Waals surface area contributed by atoms with Crippen molar-refractivity contribution < 1.29 is 9.90 Å². The van der Waals surface area contributed by atoms with Crippen LogP contribution < -0.4 is 5.32 Å². The first-order valence-electron chi connectivity index (χ1n) is 7.36. The average Bonchev–Trinajstić information content (AvgIpc) is 2.45. The fourth-order valence-corrected chi connectivity index (χ4v) is 2.48. The molecule has 2 rings (SSSR count). The topological polar surface area (TPSA) is 52.6 Å². The maximum atomic E-state index is 12.2. The number of nitrogens with one attached hydrogen (secondary N) is 1. The van der Waals surface area contributed by atoms with E-state index in [9.17, 15) is 4.79 Å². The minimum absolute atomic E-state index is 0.0476. The first-order chi connectivity index (χ1) is 10.1. The minimum Gasteiger partial charge on any atom is -0.384 e. The van der Waals surface area contributed by atoms with Crippen molar-refractivity contribution in [1.29, 1.82) is 0 Å². The zero-order valence-electron chi connectivity index (χ0n) is 12.6. The molecule has 1 saturated heterocycles. The Morgan fingerprint density at radius 3 is 2.76 bits per heavy atom. The quantitative estimate of drug-likeness (QED) is 0.780. The highest BCUT2D eigenvalue weighted by Gasteiger charge is 2.20. The fourth-order valence-electron chi connectivity index (χ4n) is 2.48. The number of piperidine rings is 1. The highest BCUT2D eigenvalue weighted by atomic mass is 16.2. The number of amides is 2. The van der Waals surface area contributed by atoms with E-state index in [0.717, 1.165) is 42.7 Å². The number of urea groups is 1. The monoisotopic (exact) mass is 286 g/mol. The number of aliphatic hydroxyl groups excluding tert-OH is 1. The summed E-state index contributed by atoms with van der Waals surface area (Å²) in [5, 5.41) is 11.7. The minimum atomic E-state index is -0.165. The molecule has 0 bridgehead atoms. The number of aliphatic hydroxyl groups is 1. The Hall–Kier alpha value is -1.99. The van der Waals surface area contributed by atoms with Gasteiger partial charge in [-0.05, 0) is 49.4 Å². The molecule has 1 aliphatic rings. The smallest absolute Gasteiger partial charge is 0.321 e. The van der Waals surface area contributed by atoms with E-state index in [4.69, 9.17) is 5.11 Å². The number of likely N-dealkylation sites (tertiary alicyclic amines) is 1. The van der Waals surface area contributed by atoms with Crippen LogP contribution >= 0.6 is 0 Å². The molecule has 0 aromatic heterocycles. The van der Waals surface area contributed by atoms with Gasteiger partial charge in [-0.15, -0.1) is 0 Å². The summed E-state index contributed by atoms with van der Waals surface area (Å²) in [6.45, 7) is 5.65. The van der Waals surface area contributed by atoms with E-state index >= 15 is 0 Å². The second-order valence-corrected chi connectivity index (χ2v) is 5.65. The maximum absolute atomic E-state index is 12.2. The van der Waals surface area contributed by atoms with Crippen molar-refractivity contribution in [2.24, 2.45) is 5.92 Å². The largest absolute Gasteiger partial charge is 0.384 e. The van der Waals surface area contributed by atoms with Gasteiger partial charge in [0.05, 0.1) is 0 Å². The van der Waals surface area contributed by atoms with Gasteiger partial charge in [0.15, 0.2) is 0 Å². The Morgan fingerprint density at radius 2 is 2.10 bits per heavy atom. The van der Waals surface area contributed by atoms with Crippen molar-refractivity contribution in [3.8, 4) is 11.8 Å². The normalized spacial score (nSPS) is 15.3. The molecule has 0 saturated carbocycles.